The highest BCUT2D eigenvalue weighted by molar-refractivity contribution is 5.63. The molecule has 0 saturated heterocycles. The molecule has 1 unspecified atom stereocenters. The maximum Gasteiger partial charge on any atom is 0.418 e. The number of fused-ring (bicyclic) bond motifs is 1. The molecule has 26 heavy (non-hydrogen) atoms. The Bertz CT molecular complexity index is 765. The van der Waals surface area contributed by atoms with Crippen LogP contribution in [0.3, 0.4) is 0 Å². The number of alkyl halides is 3. The number of halogens is 3. The first kappa shape index (κ1) is 18.5. The molecule has 1 aliphatic rings. The van der Waals surface area contributed by atoms with Crippen LogP contribution in [-0.4, -0.2) is 36.0 Å². The molecule has 140 valence electrons. The number of rotatable bonds is 5. The van der Waals surface area contributed by atoms with Gasteiger partial charge >= 0.3 is 6.18 Å². The number of nitrogens with zero attached hydrogens (tertiary/aromatic N) is 1. The third kappa shape index (κ3) is 4.11. The average Bonchev–Trinajstić information content (AvgIpc) is 2.64. The van der Waals surface area contributed by atoms with Crippen molar-refractivity contribution in [1.82, 2.24) is 0 Å². The standard InChI is InChI=1S/C19H21F3N2O2/c20-19(21,22)17-9-15(23-10-16(26)12-25)5-6-18(17)24-8-7-13-3-1-2-4-14(13)11-24/h1-6,9,16,23,25-26H,7-8,10-12H2. The molecule has 0 radical (unpaired) electrons. The molecule has 1 aliphatic heterocycles. The van der Waals surface area contributed by atoms with E-state index in [-0.39, 0.29) is 17.9 Å². The molecule has 0 amide bonds. The van der Waals surface area contributed by atoms with Crippen molar-refractivity contribution in [2.24, 2.45) is 0 Å². The lowest BCUT2D eigenvalue weighted by Gasteiger charge is -2.32. The minimum absolute atomic E-state index is 0.0236. The third-order valence-electron chi connectivity index (χ3n) is 4.53. The summed E-state index contributed by atoms with van der Waals surface area (Å²) in [6, 6.07) is 11.9. The zero-order chi connectivity index (χ0) is 18.7. The first-order valence-corrected chi connectivity index (χ1v) is 8.44. The second-order valence-corrected chi connectivity index (χ2v) is 6.39. The fourth-order valence-corrected chi connectivity index (χ4v) is 3.15. The van der Waals surface area contributed by atoms with Gasteiger partial charge in [-0.2, -0.15) is 13.2 Å². The van der Waals surface area contributed by atoms with Crippen molar-refractivity contribution in [1.29, 1.82) is 0 Å². The van der Waals surface area contributed by atoms with Crippen molar-refractivity contribution in [2.45, 2.75) is 25.2 Å². The fourth-order valence-electron chi connectivity index (χ4n) is 3.15. The molecule has 1 heterocycles. The van der Waals surface area contributed by atoms with Crippen LogP contribution in [0.5, 0.6) is 0 Å². The average molecular weight is 366 g/mol. The van der Waals surface area contributed by atoms with Crippen LogP contribution in [0.1, 0.15) is 16.7 Å². The number of aliphatic hydroxyl groups excluding tert-OH is 2. The highest BCUT2D eigenvalue weighted by Gasteiger charge is 2.35. The molecule has 3 N–H and O–H groups in total. The van der Waals surface area contributed by atoms with E-state index in [1.165, 1.54) is 11.6 Å². The molecule has 2 aromatic carbocycles. The van der Waals surface area contributed by atoms with E-state index in [1.54, 1.807) is 11.0 Å². The van der Waals surface area contributed by atoms with Gasteiger partial charge in [-0.25, -0.2) is 0 Å². The predicted octanol–water partition coefficient (Wildman–Crippen LogP) is 3.03. The monoisotopic (exact) mass is 366 g/mol. The Morgan fingerprint density at radius 1 is 1.12 bits per heavy atom. The number of nitrogens with one attached hydrogen (secondary N) is 1. The quantitative estimate of drug-likeness (QED) is 0.761. The zero-order valence-corrected chi connectivity index (χ0v) is 14.1. The summed E-state index contributed by atoms with van der Waals surface area (Å²) in [7, 11) is 0. The number of hydrogen-bond donors (Lipinski definition) is 3. The first-order valence-electron chi connectivity index (χ1n) is 8.44. The van der Waals surface area contributed by atoms with Crippen LogP contribution >= 0.6 is 0 Å². The second kappa shape index (κ2) is 7.55. The molecule has 0 aliphatic carbocycles. The number of aliphatic hydroxyl groups is 2. The Kier molecular flexibility index (Phi) is 5.38. The normalized spacial score (nSPS) is 15.5. The summed E-state index contributed by atoms with van der Waals surface area (Å²) in [4.78, 5) is 1.75. The Morgan fingerprint density at radius 2 is 1.85 bits per heavy atom. The van der Waals surface area contributed by atoms with E-state index in [1.807, 2.05) is 24.3 Å². The molecule has 0 spiro atoms. The highest BCUT2D eigenvalue weighted by atomic mass is 19.4. The summed E-state index contributed by atoms with van der Waals surface area (Å²) in [5.74, 6) is 0. The molecule has 7 heteroatoms. The lowest BCUT2D eigenvalue weighted by molar-refractivity contribution is -0.137. The summed E-state index contributed by atoms with van der Waals surface area (Å²) in [5.41, 5.74) is 1.92. The Hall–Kier alpha value is -2.25. The van der Waals surface area contributed by atoms with Gasteiger partial charge in [0.25, 0.3) is 0 Å². The summed E-state index contributed by atoms with van der Waals surface area (Å²) < 4.78 is 40.8. The summed E-state index contributed by atoms with van der Waals surface area (Å²) in [5, 5.41) is 20.9. The molecule has 3 rings (SSSR count). The minimum Gasteiger partial charge on any atom is -0.394 e. The van der Waals surface area contributed by atoms with E-state index in [9.17, 15) is 18.3 Å². The van der Waals surface area contributed by atoms with E-state index in [2.05, 4.69) is 5.32 Å². The highest BCUT2D eigenvalue weighted by Crippen LogP contribution is 2.39. The van der Waals surface area contributed by atoms with Gasteiger partial charge in [-0.05, 0) is 35.7 Å². The topological polar surface area (TPSA) is 55.7 Å². The van der Waals surface area contributed by atoms with Crippen LogP contribution in [0, 0.1) is 0 Å². The minimum atomic E-state index is -4.49. The number of benzene rings is 2. The SMILES string of the molecule is OCC(O)CNc1ccc(N2CCc3ccccc3C2)c(C(F)(F)F)c1. The fraction of sp³-hybridized carbons (Fsp3) is 0.368. The molecule has 0 saturated carbocycles. The van der Waals surface area contributed by atoms with Crippen LogP contribution in [0.15, 0.2) is 42.5 Å². The van der Waals surface area contributed by atoms with Crippen molar-refractivity contribution in [3.63, 3.8) is 0 Å². The molecular weight excluding hydrogens is 345 g/mol. The predicted molar refractivity (Wildman–Crippen MR) is 94.2 cm³/mol. The van der Waals surface area contributed by atoms with Crippen LogP contribution in [0.2, 0.25) is 0 Å². The smallest absolute Gasteiger partial charge is 0.394 e. The van der Waals surface area contributed by atoms with Crippen LogP contribution < -0.4 is 10.2 Å². The first-order chi connectivity index (χ1) is 12.4. The molecule has 0 bridgehead atoms. The Balaban J connectivity index is 1.87. The van der Waals surface area contributed by atoms with Crippen molar-refractivity contribution < 1.29 is 23.4 Å². The van der Waals surface area contributed by atoms with Crippen LogP contribution in [0.25, 0.3) is 0 Å². The van der Waals surface area contributed by atoms with E-state index >= 15 is 0 Å². The van der Waals surface area contributed by atoms with Gasteiger partial charge in [0, 0.05) is 31.0 Å². The molecule has 1 atom stereocenters. The number of anilines is 2. The summed E-state index contributed by atoms with van der Waals surface area (Å²) in [6.07, 6.45) is -4.81. The van der Waals surface area contributed by atoms with E-state index in [0.717, 1.165) is 11.6 Å². The van der Waals surface area contributed by atoms with Gasteiger partial charge in [0.15, 0.2) is 0 Å². The molecular formula is C19H21F3N2O2. The van der Waals surface area contributed by atoms with Gasteiger partial charge in [0.1, 0.15) is 0 Å². The van der Waals surface area contributed by atoms with Crippen molar-refractivity contribution in [3.05, 3.63) is 59.2 Å². The van der Waals surface area contributed by atoms with Gasteiger partial charge in [0.05, 0.1) is 18.3 Å². The van der Waals surface area contributed by atoms with Crippen LogP contribution in [-0.2, 0) is 19.1 Å². The Labute approximate surface area is 149 Å². The zero-order valence-electron chi connectivity index (χ0n) is 14.1. The summed E-state index contributed by atoms with van der Waals surface area (Å²) in [6.45, 7) is 0.486. The lowest BCUT2D eigenvalue weighted by atomic mass is 9.98. The van der Waals surface area contributed by atoms with Gasteiger partial charge in [-0.1, -0.05) is 24.3 Å². The molecule has 2 aromatic rings. The van der Waals surface area contributed by atoms with Crippen molar-refractivity contribution >= 4 is 11.4 Å². The molecule has 0 fully saturated rings. The van der Waals surface area contributed by atoms with Crippen molar-refractivity contribution in [2.75, 3.05) is 29.9 Å². The van der Waals surface area contributed by atoms with Crippen molar-refractivity contribution in [3.8, 4) is 0 Å². The number of hydrogen-bond acceptors (Lipinski definition) is 4. The van der Waals surface area contributed by atoms with Gasteiger partial charge in [-0.3, -0.25) is 0 Å². The van der Waals surface area contributed by atoms with Gasteiger partial charge in [-0.15, -0.1) is 0 Å². The Morgan fingerprint density at radius 3 is 2.54 bits per heavy atom. The summed E-state index contributed by atoms with van der Waals surface area (Å²) >= 11 is 0. The largest absolute Gasteiger partial charge is 0.418 e. The molecule has 4 nitrogen and oxygen atoms in total. The van der Waals surface area contributed by atoms with E-state index < -0.39 is 24.5 Å². The second-order valence-electron chi connectivity index (χ2n) is 6.39. The van der Waals surface area contributed by atoms with E-state index in [0.29, 0.717) is 19.5 Å². The van der Waals surface area contributed by atoms with Gasteiger partial charge < -0.3 is 20.4 Å². The maximum absolute atomic E-state index is 13.6. The lowest BCUT2D eigenvalue weighted by Crippen LogP contribution is -2.32. The van der Waals surface area contributed by atoms with Gasteiger partial charge in [0.2, 0.25) is 0 Å². The maximum atomic E-state index is 13.6. The van der Waals surface area contributed by atoms with E-state index in [4.69, 9.17) is 5.11 Å². The molecule has 0 aromatic heterocycles. The van der Waals surface area contributed by atoms with Crippen LogP contribution in [0.4, 0.5) is 24.5 Å². The third-order valence-corrected chi connectivity index (χ3v) is 4.53.